The topological polar surface area (TPSA) is 51.3 Å². The molecule has 1 aromatic heterocycles. The number of unbranched alkanes of at least 4 members (excludes halogenated alkanes) is 1. The smallest absolute Gasteiger partial charge is 0.178 e. The minimum atomic E-state index is -0.191. The maximum absolute atomic E-state index is 13.5. The van der Waals surface area contributed by atoms with Crippen molar-refractivity contribution in [1.82, 2.24) is 9.47 Å². The summed E-state index contributed by atoms with van der Waals surface area (Å²) in [6, 6.07) is 7.00. The number of hydrogen-bond donors (Lipinski definition) is 1. The maximum atomic E-state index is 13.5. The molecule has 4 rings (SSSR count). The molecule has 29 heavy (non-hydrogen) atoms. The van der Waals surface area contributed by atoms with Gasteiger partial charge in [-0.15, -0.1) is 0 Å². The summed E-state index contributed by atoms with van der Waals surface area (Å²) in [6.45, 7) is 7.55. The van der Waals surface area contributed by atoms with Gasteiger partial charge in [0.05, 0.1) is 6.54 Å². The van der Waals surface area contributed by atoms with Crippen LogP contribution >= 0.6 is 0 Å². The van der Waals surface area contributed by atoms with Crippen LogP contribution in [0.15, 0.2) is 24.3 Å². The van der Waals surface area contributed by atoms with Gasteiger partial charge in [-0.05, 0) is 88.5 Å². The standard InChI is InChI=1S/C20H23FN2O.C4H11N/c1-14-18(20(24)13-22-9-3-2-4-10-22)12-17-7-5-15-11-16(21)6-8-19(15)23(14)17;1-2-3-4-5/h6,8,11-12H,2-5,7,9-10,13H2,1H3;2-5H2,1H3. The van der Waals surface area contributed by atoms with Gasteiger partial charge in [0.15, 0.2) is 5.78 Å². The molecular formula is C24H34FN3O. The second-order valence-corrected chi connectivity index (χ2v) is 8.15. The lowest BCUT2D eigenvalue weighted by atomic mass is 10.0. The van der Waals surface area contributed by atoms with Crippen molar-refractivity contribution in [3.05, 3.63) is 52.6 Å². The fourth-order valence-electron chi connectivity index (χ4n) is 4.32. The molecule has 4 nitrogen and oxygen atoms in total. The number of nitrogens with zero attached hydrogens (tertiary/aromatic N) is 2. The van der Waals surface area contributed by atoms with Crippen LogP contribution in [0.4, 0.5) is 4.39 Å². The Morgan fingerprint density at radius 3 is 2.55 bits per heavy atom. The van der Waals surface area contributed by atoms with Gasteiger partial charge in [0.2, 0.25) is 0 Å². The van der Waals surface area contributed by atoms with Gasteiger partial charge in [0, 0.05) is 22.6 Å². The average molecular weight is 400 g/mol. The first kappa shape index (κ1) is 21.7. The largest absolute Gasteiger partial charge is 0.330 e. The monoisotopic (exact) mass is 399 g/mol. The SMILES string of the molecule is CCCCN.Cc1c(C(=O)CN2CCCCC2)cc2n1-c1ccc(F)cc1CC2. The highest BCUT2D eigenvalue weighted by Gasteiger charge is 2.24. The van der Waals surface area contributed by atoms with Crippen LogP contribution in [-0.4, -0.2) is 41.4 Å². The number of carbonyl (C=O) groups excluding carboxylic acids is 1. The highest BCUT2D eigenvalue weighted by Crippen LogP contribution is 2.30. The molecule has 2 aliphatic rings. The van der Waals surface area contributed by atoms with Crippen molar-refractivity contribution in [3.63, 3.8) is 0 Å². The number of halogens is 1. The number of benzene rings is 1. The van der Waals surface area contributed by atoms with Crippen molar-refractivity contribution >= 4 is 5.78 Å². The number of likely N-dealkylation sites (tertiary alicyclic amines) is 1. The van der Waals surface area contributed by atoms with Gasteiger partial charge in [-0.25, -0.2) is 4.39 Å². The van der Waals surface area contributed by atoms with Gasteiger partial charge >= 0.3 is 0 Å². The van der Waals surface area contributed by atoms with Gasteiger partial charge in [0.25, 0.3) is 0 Å². The van der Waals surface area contributed by atoms with E-state index in [2.05, 4.69) is 16.4 Å². The van der Waals surface area contributed by atoms with Crippen molar-refractivity contribution < 1.29 is 9.18 Å². The van der Waals surface area contributed by atoms with Crippen LogP contribution in [0.2, 0.25) is 0 Å². The summed E-state index contributed by atoms with van der Waals surface area (Å²) in [5, 5.41) is 0. The van der Waals surface area contributed by atoms with E-state index < -0.39 is 0 Å². The number of carbonyl (C=O) groups is 1. The van der Waals surface area contributed by atoms with E-state index in [0.29, 0.717) is 6.54 Å². The molecule has 2 N–H and O–H groups in total. The normalized spacial score (nSPS) is 15.9. The molecule has 1 saturated heterocycles. The number of hydrogen-bond acceptors (Lipinski definition) is 3. The number of nitrogens with two attached hydrogens (primary N) is 1. The zero-order chi connectivity index (χ0) is 20.8. The number of piperidine rings is 1. The molecule has 0 bridgehead atoms. The van der Waals surface area contributed by atoms with Crippen molar-refractivity contribution in [3.8, 4) is 5.69 Å². The average Bonchev–Trinajstić information content (AvgIpc) is 3.07. The van der Waals surface area contributed by atoms with Gasteiger partial charge in [0.1, 0.15) is 5.82 Å². The Labute approximate surface area is 173 Å². The first-order valence-electron chi connectivity index (χ1n) is 11.0. The van der Waals surface area contributed by atoms with Gasteiger partial charge in [-0.2, -0.15) is 0 Å². The third-order valence-corrected chi connectivity index (χ3v) is 5.93. The van der Waals surface area contributed by atoms with Crippen LogP contribution in [0.25, 0.3) is 5.69 Å². The Bertz CT molecular complexity index is 835. The molecular weight excluding hydrogens is 365 g/mol. The van der Waals surface area contributed by atoms with E-state index in [9.17, 15) is 9.18 Å². The Morgan fingerprint density at radius 2 is 1.90 bits per heavy atom. The van der Waals surface area contributed by atoms with E-state index in [4.69, 9.17) is 5.73 Å². The molecule has 5 heteroatoms. The maximum Gasteiger partial charge on any atom is 0.178 e. The molecule has 0 radical (unpaired) electrons. The summed E-state index contributed by atoms with van der Waals surface area (Å²) >= 11 is 0. The van der Waals surface area contributed by atoms with Crippen molar-refractivity contribution in [2.75, 3.05) is 26.2 Å². The minimum absolute atomic E-state index is 0.191. The van der Waals surface area contributed by atoms with Crippen LogP contribution in [-0.2, 0) is 12.8 Å². The van der Waals surface area contributed by atoms with Crippen LogP contribution < -0.4 is 5.73 Å². The summed E-state index contributed by atoms with van der Waals surface area (Å²) in [7, 11) is 0. The third-order valence-electron chi connectivity index (χ3n) is 5.93. The van der Waals surface area contributed by atoms with E-state index in [1.807, 2.05) is 19.1 Å². The van der Waals surface area contributed by atoms with E-state index in [1.165, 1.54) is 38.2 Å². The zero-order valence-electron chi connectivity index (χ0n) is 17.8. The molecule has 0 unspecified atom stereocenters. The Balaban J connectivity index is 0.000000431. The van der Waals surface area contributed by atoms with Crippen molar-refractivity contribution in [2.45, 2.75) is 58.8 Å². The summed E-state index contributed by atoms with van der Waals surface area (Å²) in [5.41, 5.74) is 10.2. The van der Waals surface area contributed by atoms with E-state index in [1.54, 1.807) is 6.07 Å². The van der Waals surface area contributed by atoms with Gasteiger partial charge < -0.3 is 10.3 Å². The van der Waals surface area contributed by atoms with Crippen LogP contribution in [0.5, 0.6) is 0 Å². The van der Waals surface area contributed by atoms with Gasteiger partial charge in [-0.3, -0.25) is 9.69 Å². The molecule has 3 heterocycles. The van der Waals surface area contributed by atoms with Crippen molar-refractivity contribution in [1.29, 1.82) is 0 Å². The molecule has 0 amide bonds. The second-order valence-electron chi connectivity index (χ2n) is 8.15. The first-order valence-corrected chi connectivity index (χ1v) is 11.0. The Hall–Kier alpha value is -1.98. The molecule has 0 saturated carbocycles. The lowest BCUT2D eigenvalue weighted by Gasteiger charge is -2.25. The van der Waals surface area contributed by atoms with Crippen molar-refractivity contribution in [2.24, 2.45) is 5.73 Å². The molecule has 1 aromatic carbocycles. The fourth-order valence-corrected chi connectivity index (χ4v) is 4.32. The first-order chi connectivity index (χ1) is 14.0. The molecule has 2 aliphatic heterocycles. The fraction of sp³-hybridized carbons (Fsp3) is 0.542. The number of rotatable bonds is 5. The molecule has 158 valence electrons. The summed E-state index contributed by atoms with van der Waals surface area (Å²) in [4.78, 5) is 15.1. The predicted octanol–water partition coefficient (Wildman–Crippen LogP) is 4.44. The highest BCUT2D eigenvalue weighted by molar-refractivity contribution is 5.99. The number of Topliss-reactive ketones (excluding diaryl/α,β-unsaturated/α-hetero) is 1. The molecule has 1 fully saturated rings. The van der Waals surface area contributed by atoms with E-state index in [0.717, 1.165) is 60.7 Å². The second kappa shape index (κ2) is 10.2. The Kier molecular flexibility index (Phi) is 7.62. The molecule has 0 aliphatic carbocycles. The molecule has 0 atom stereocenters. The quantitative estimate of drug-likeness (QED) is 0.757. The van der Waals surface area contributed by atoms with Crippen LogP contribution in [0.1, 0.15) is 66.3 Å². The molecule has 2 aromatic rings. The number of aryl methyl sites for hydroxylation is 2. The lowest BCUT2D eigenvalue weighted by molar-refractivity contribution is 0.0915. The molecule has 0 spiro atoms. The summed E-state index contributed by atoms with van der Waals surface area (Å²) in [5.74, 6) is 0.0170. The van der Waals surface area contributed by atoms with Crippen LogP contribution in [0.3, 0.4) is 0 Å². The minimum Gasteiger partial charge on any atom is -0.330 e. The Morgan fingerprint density at radius 1 is 1.14 bits per heavy atom. The lowest BCUT2D eigenvalue weighted by Crippen LogP contribution is -2.34. The zero-order valence-corrected chi connectivity index (χ0v) is 17.8. The summed E-state index contributed by atoms with van der Waals surface area (Å²) < 4.78 is 15.6. The van der Waals surface area contributed by atoms with E-state index in [-0.39, 0.29) is 11.6 Å². The third kappa shape index (κ3) is 5.14. The number of aromatic nitrogens is 1. The summed E-state index contributed by atoms with van der Waals surface area (Å²) in [6.07, 6.45) is 7.73. The number of ketones is 1. The predicted molar refractivity (Wildman–Crippen MR) is 116 cm³/mol. The highest BCUT2D eigenvalue weighted by atomic mass is 19.1. The van der Waals surface area contributed by atoms with E-state index >= 15 is 0 Å². The van der Waals surface area contributed by atoms with Gasteiger partial charge in [-0.1, -0.05) is 19.8 Å². The number of fused-ring (bicyclic) bond motifs is 3. The van der Waals surface area contributed by atoms with Crippen LogP contribution in [0, 0.1) is 12.7 Å².